The third-order valence-electron chi connectivity index (χ3n) is 3.96. The van der Waals surface area contributed by atoms with Crippen LogP contribution in [0.5, 0.6) is 0 Å². The van der Waals surface area contributed by atoms with Gasteiger partial charge in [-0.05, 0) is 42.8 Å². The topological polar surface area (TPSA) is 15.6 Å². The van der Waals surface area contributed by atoms with E-state index < -0.39 is 17.6 Å². The van der Waals surface area contributed by atoms with Crippen LogP contribution >= 0.6 is 23.4 Å². The molecular formula is C18H15ClF4N2S. The Morgan fingerprint density at radius 2 is 2.00 bits per heavy atom. The summed E-state index contributed by atoms with van der Waals surface area (Å²) < 4.78 is 52.4. The molecule has 2 aromatic rings. The fourth-order valence-corrected chi connectivity index (χ4v) is 3.89. The number of anilines is 1. The summed E-state index contributed by atoms with van der Waals surface area (Å²) in [6, 6.07) is 9.27. The Balaban J connectivity index is 1.98. The van der Waals surface area contributed by atoms with Crippen molar-refractivity contribution >= 4 is 39.9 Å². The number of nitrogens with zero attached hydrogens (tertiary/aromatic N) is 2. The van der Waals surface area contributed by atoms with Crippen molar-refractivity contribution in [3.63, 3.8) is 0 Å². The summed E-state index contributed by atoms with van der Waals surface area (Å²) >= 11 is 7.28. The molecular weight excluding hydrogens is 388 g/mol. The van der Waals surface area contributed by atoms with Gasteiger partial charge in [0.15, 0.2) is 5.17 Å². The first kappa shape index (κ1) is 19.0. The molecule has 0 aromatic heterocycles. The number of benzene rings is 2. The highest BCUT2D eigenvalue weighted by Crippen LogP contribution is 2.37. The molecule has 138 valence electrons. The Morgan fingerprint density at radius 1 is 1.23 bits per heavy atom. The lowest BCUT2D eigenvalue weighted by atomic mass is 10.1. The van der Waals surface area contributed by atoms with Gasteiger partial charge < -0.3 is 4.90 Å². The molecule has 0 spiro atoms. The molecule has 1 saturated heterocycles. The average Bonchev–Trinajstić information content (AvgIpc) is 3.00. The van der Waals surface area contributed by atoms with E-state index in [1.807, 2.05) is 6.92 Å². The Labute approximate surface area is 157 Å². The number of rotatable bonds is 3. The number of amidine groups is 1. The van der Waals surface area contributed by atoms with Gasteiger partial charge in [0.25, 0.3) is 0 Å². The van der Waals surface area contributed by atoms with E-state index in [9.17, 15) is 17.6 Å². The summed E-state index contributed by atoms with van der Waals surface area (Å²) in [5, 5.41) is 0.727. The van der Waals surface area contributed by atoms with Gasteiger partial charge in [0.1, 0.15) is 5.82 Å². The lowest BCUT2D eigenvalue weighted by Gasteiger charge is -2.20. The van der Waals surface area contributed by atoms with Crippen LogP contribution in [0.1, 0.15) is 18.9 Å². The minimum atomic E-state index is -4.41. The Morgan fingerprint density at radius 3 is 2.65 bits per heavy atom. The van der Waals surface area contributed by atoms with Gasteiger partial charge in [0, 0.05) is 17.5 Å². The Bertz CT molecular complexity index is 838. The molecule has 2 aromatic carbocycles. The summed E-state index contributed by atoms with van der Waals surface area (Å²) in [5.74, 6) is -0.545. The summed E-state index contributed by atoms with van der Waals surface area (Å²) in [4.78, 5) is 6.24. The third kappa shape index (κ3) is 4.15. The van der Waals surface area contributed by atoms with E-state index in [1.165, 1.54) is 36.0 Å². The minimum absolute atomic E-state index is 0.0486. The smallest absolute Gasteiger partial charge is 0.320 e. The molecule has 0 N–H and O–H groups in total. The SMILES string of the molecule is CCC1CN(c2cccc(C(F)(F)F)c2)C(=Nc2ccc(F)c(Cl)c2)S1. The van der Waals surface area contributed by atoms with Gasteiger partial charge in [-0.3, -0.25) is 0 Å². The van der Waals surface area contributed by atoms with Crippen molar-refractivity contribution in [1.29, 1.82) is 0 Å². The van der Waals surface area contributed by atoms with Crippen LogP contribution in [-0.2, 0) is 6.18 Å². The predicted octanol–water partition coefficient (Wildman–Crippen LogP) is 6.52. The summed E-state index contributed by atoms with van der Waals surface area (Å²) in [7, 11) is 0. The van der Waals surface area contributed by atoms with Gasteiger partial charge in [-0.15, -0.1) is 0 Å². The molecule has 26 heavy (non-hydrogen) atoms. The number of aliphatic imine (C=N–C) groups is 1. The molecule has 0 amide bonds. The molecule has 1 heterocycles. The number of hydrogen-bond donors (Lipinski definition) is 0. The number of alkyl halides is 3. The maximum absolute atomic E-state index is 13.3. The quantitative estimate of drug-likeness (QED) is 0.543. The third-order valence-corrected chi connectivity index (χ3v) is 5.59. The first-order valence-electron chi connectivity index (χ1n) is 7.93. The van der Waals surface area contributed by atoms with E-state index in [0.29, 0.717) is 23.1 Å². The van der Waals surface area contributed by atoms with Crippen molar-refractivity contribution in [2.24, 2.45) is 4.99 Å². The summed E-state index contributed by atoms with van der Waals surface area (Å²) in [6.07, 6.45) is -3.56. The minimum Gasteiger partial charge on any atom is -0.320 e. The van der Waals surface area contributed by atoms with Crippen molar-refractivity contribution in [3.8, 4) is 0 Å². The standard InChI is InChI=1S/C18H15ClF4N2S/c1-2-14-10-25(13-5-3-4-11(8-13)18(21,22)23)17(26-14)24-12-6-7-16(20)15(19)9-12/h3-9,14H,2,10H2,1H3. The van der Waals surface area contributed by atoms with Gasteiger partial charge in [0.2, 0.25) is 0 Å². The van der Waals surface area contributed by atoms with Gasteiger partial charge in [-0.25, -0.2) is 9.38 Å². The predicted molar refractivity (Wildman–Crippen MR) is 99.0 cm³/mol. The normalized spacial score (nSPS) is 19.4. The van der Waals surface area contributed by atoms with Crippen molar-refractivity contribution in [2.45, 2.75) is 24.8 Å². The largest absolute Gasteiger partial charge is 0.416 e. The molecule has 8 heteroatoms. The van der Waals surface area contributed by atoms with Crippen molar-refractivity contribution in [1.82, 2.24) is 0 Å². The van der Waals surface area contributed by atoms with E-state index in [2.05, 4.69) is 4.99 Å². The summed E-state index contributed by atoms with van der Waals surface area (Å²) in [5.41, 5.74) is 0.173. The maximum atomic E-state index is 13.3. The van der Waals surface area contributed by atoms with Gasteiger partial charge in [-0.2, -0.15) is 13.2 Å². The number of halogens is 5. The first-order valence-corrected chi connectivity index (χ1v) is 9.19. The Hall–Kier alpha value is -1.73. The van der Waals surface area contributed by atoms with Gasteiger partial charge >= 0.3 is 6.18 Å². The lowest BCUT2D eigenvalue weighted by molar-refractivity contribution is -0.137. The molecule has 1 unspecified atom stereocenters. The second kappa shape index (κ2) is 7.48. The molecule has 3 rings (SSSR count). The molecule has 0 saturated carbocycles. The zero-order valence-electron chi connectivity index (χ0n) is 13.7. The molecule has 2 nitrogen and oxygen atoms in total. The van der Waals surface area contributed by atoms with E-state index >= 15 is 0 Å². The van der Waals surface area contributed by atoms with E-state index in [0.717, 1.165) is 18.6 Å². The molecule has 1 aliphatic rings. The molecule has 0 bridgehead atoms. The van der Waals surface area contributed by atoms with Crippen LogP contribution in [-0.4, -0.2) is 17.0 Å². The van der Waals surface area contributed by atoms with Crippen molar-refractivity contribution in [2.75, 3.05) is 11.4 Å². The fourth-order valence-electron chi connectivity index (χ4n) is 2.56. The lowest BCUT2D eigenvalue weighted by Crippen LogP contribution is -2.25. The first-order chi connectivity index (χ1) is 12.3. The molecule has 1 aliphatic heterocycles. The van der Waals surface area contributed by atoms with Crippen LogP contribution in [0.3, 0.4) is 0 Å². The zero-order valence-corrected chi connectivity index (χ0v) is 15.3. The molecule has 1 fully saturated rings. The molecule has 0 radical (unpaired) electrons. The van der Waals surface area contributed by atoms with Gasteiger partial charge in [-0.1, -0.05) is 36.4 Å². The highest BCUT2D eigenvalue weighted by Gasteiger charge is 2.33. The highest BCUT2D eigenvalue weighted by atomic mass is 35.5. The van der Waals surface area contributed by atoms with Crippen molar-refractivity contribution < 1.29 is 17.6 Å². The molecule has 0 aliphatic carbocycles. The molecule has 1 atom stereocenters. The van der Waals surface area contributed by atoms with Crippen LogP contribution < -0.4 is 4.90 Å². The average molecular weight is 403 g/mol. The number of thioether (sulfide) groups is 1. The second-order valence-electron chi connectivity index (χ2n) is 5.80. The van der Waals surface area contributed by atoms with E-state index in [1.54, 1.807) is 11.0 Å². The summed E-state index contributed by atoms with van der Waals surface area (Å²) in [6.45, 7) is 2.57. The number of hydrogen-bond acceptors (Lipinski definition) is 2. The van der Waals surface area contributed by atoms with E-state index in [4.69, 9.17) is 11.6 Å². The van der Waals surface area contributed by atoms with Gasteiger partial charge in [0.05, 0.1) is 16.3 Å². The van der Waals surface area contributed by atoms with Crippen LogP contribution in [0, 0.1) is 5.82 Å². The van der Waals surface area contributed by atoms with Crippen LogP contribution in [0.25, 0.3) is 0 Å². The van der Waals surface area contributed by atoms with Crippen LogP contribution in [0.2, 0.25) is 5.02 Å². The maximum Gasteiger partial charge on any atom is 0.416 e. The van der Waals surface area contributed by atoms with Crippen LogP contribution in [0.4, 0.5) is 28.9 Å². The Kier molecular flexibility index (Phi) is 5.48. The monoisotopic (exact) mass is 402 g/mol. The fraction of sp³-hybridized carbons (Fsp3) is 0.278. The van der Waals surface area contributed by atoms with Crippen LogP contribution in [0.15, 0.2) is 47.5 Å². The second-order valence-corrected chi connectivity index (χ2v) is 7.47. The highest BCUT2D eigenvalue weighted by molar-refractivity contribution is 8.15. The van der Waals surface area contributed by atoms with E-state index in [-0.39, 0.29) is 10.3 Å². The van der Waals surface area contributed by atoms with Crippen molar-refractivity contribution in [3.05, 3.63) is 58.9 Å². The zero-order chi connectivity index (χ0) is 18.9.